The summed E-state index contributed by atoms with van der Waals surface area (Å²) in [5.74, 6) is 0.485. The Morgan fingerprint density at radius 1 is 0.828 bits per heavy atom. The van der Waals surface area contributed by atoms with Gasteiger partial charge in [-0.05, 0) is 42.1 Å². The smallest absolute Gasteiger partial charge is 0.264 e. The Morgan fingerprint density at radius 2 is 1.62 bits per heavy atom. The molecule has 0 saturated carbocycles. The highest BCUT2D eigenvalue weighted by Crippen LogP contribution is 2.36. The van der Waals surface area contributed by atoms with E-state index in [1.807, 2.05) is 30.3 Å². The number of nitrogens with zero attached hydrogens (tertiary/aromatic N) is 5. The third kappa shape index (κ3) is 3.21. The second kappa shape index (κ2) is 7.21. The van der Waals surface area contributed by atoms with Gasteiger partial charge in [-0.1, -0.05) is 30.3 Å². The molecule has 0 bridgehead atoms. The maximum atomic E-state index is 13.8. The lowest BCUT2D eigenvalue weighted by molar-refractivity contribution is 0.0656. The van der Waals surface area contributed by atoms with Crippen LogP contribution in [0, 0.1) is 0 Å². The van der Waals surface area contributed by atoms with Crippen LogP contribution < -0.4 is 0 Å². The SMILES string of the molecule is FC(F)n1c(Sc2nc(-c3cccnc3)nc3ccccc23)nc2ccccc21. The van der Waals surface area contributed by atoms with Crippen molar-refractivity contribution in [3.8, 4) is 11.4 Å². The Hall–Kier alpha value is -3.39. The quantitative estimate of drug-likeness (QED) is 0.365. The second-order valence-electron chi connectivity index (χ2n) is 6.24. The average Bonchev–Trinajstić information content (AvgIpc) is 3.12. The molecule has 2 aromatic carbocycles. The third-order valence-electron chi connectivity index (χ3n) is 4.43. The van der Waals surface area contributed by atoms with Crippen molar-refractivity contribution in [1.29, 1.82) is 0 Å². The number of para-hydroxylation sites is 3. The predicted octanol–water partition coefficient (Wildman–Crippen LogP) is 5.59. The van der Waals surface area contributed by atoms with E-state index >= 15 is 0 Å². The van der Waals surface area contributed by atoms with Crippen LogP contribution in [0.15, 0.2) is 83.2 Å². The number of alkyl halides is 2. The Labute approximate surface area is 168 Å². The molecule has 0 amide bonds. The number of hydrogen-bond acceptors (Lipinski definition) is 5. The van der Waals surface area contributed by atoms with Gasteiger partial charge in [-0.15, -0.1) is 0 Å². The van der Waals surface area contributed by atoms with Crippen molar-refractivity contribution in [2.75, 3.05) is 0 Å². The van der Waals surface area contributed by atoms with Gasteiger partial charge in [0, 0.05) is 23.3 Å². The lowest BCUT2D eigenvalue weighted by atomic mass is 10.2. The van der Waals surface area contributed by atoms with E-state index in [0.29, 0.717) is 21.9 Å². The zero-order chi connectivity index (χ0) is 19.8. The summed E-state index contributed by atoms with van der Waals surface area (Å²) >= 11 is 1.11. The Morgan fingerprint density at radius 3 is 2.41 bits per heavy atom. The molecule has 0 radical (unpaired) electrons. The van der Waals surface area contributed by atoms with Crippen molar-refractivity contribution < 1.29 is 8.78 Å². The number of pyridine rings is 1. The monoisotopic (exact) mass is 405 g/mol. The van der Waals surface area contributed by atoms with E-state index in [1.54, 1.807) is 42.7 Å². The minimum Gasteiger partial charge on any atom is -0.264 e. The van der Waals surface area contributed by atoms with Crippen LogP contribution in [-0.2, 0) is 0 Å². The number of hydrogen-bond donors (Lipinski definition) is 0. The molecule has 5 aromatic rings. The highest BCUT2D eigenvalue weighted by Gasteiger charge is 2.20. The van der Waals surface area contributed by atoms with Gasteiger partial charge >= 0.3 is 6.55 Å². The molecule has 29 heavy (non-hydrogen) atoms. The maximum absolute atomic E-state index is 13.8. The van der Waals surface area contributed by atoms with E-state index in [2.05, 4.69) is 19.9 Å². The van der Waals surface area contributed by atoms with Gasteiger partial charge < -0.3 is 0 Å². The van der Waals surface area contributed by atoms with Crippen molar-refractivity contribution in [3.05, 3.63) is 73.1 Å². The Kier molecular flexibility index (Phi) is 4.40. The summed E-state index contributed by atoms with van der Waals surface area (Å²) in [6.45, 7) is -2.71. The van der Waals surface area contributed by atoms with Gasteiger partial charge in [0.2, 0.25) is 0 Å². The standard InChI is InChI=1S/C21H13F2N5S/c22-20(23)28-17-10-4-3-9-16(17)26-21(28)29-19-14-7-1-2-8-15(14)25-18(27-19)13-6-5-11-24-12-13/h1-12,20H. The fourth-order valence-electron chi connectivity index (χ4n) is 3.12. The van der Waals surface area contributed by atoms with Crippen molar-refractivity contribution in [2.45, 2.75) is 16.7 Å². The molecule has 0 spiro atoms. The normalized spacial score (nSPS) is 11.6. The van der Waals surface area contributed by atoms with Gasteiger partial charge in [0.1, 0.15) is 5.03 Å². The average molecular weight is 405 g/mol. The first-order valence-corrected chi connectivity index (χ1v) is 9.62. The zero-order valence-electron chi connectivity index (χ0n) is 14.9. The van der Waals surface area contributed by atoms with Crippen LogP contribution in [0.25, 0.3) is 33.3 Å². The van der Waals surface area contributed by atoms with Crippen LogP contribution in [0.5, 0.6) is 0 Å². The molecule has 142 valence electrons. The van der Waals surface area contributed by atoms with E-state index in [4.69, 9.17) is 0 Å². The lowest BCUT2D eigenvalue weighted by Crippen LogP contribution is -2.01. The molecular formula is C21H13F2N5S. The first-order valence-electron chi connectivity index (χ1n) is 8.81. The maximum Gasteiger partial charge on any atom is 0.321 e. The zero-order valence-corrected chi connectivity index (χ0v) is 15.7. The number of halogens is 2. The van der Waals surface area contributed by atoms with Gasteiger partial charge in [0.25, 0.3) is 0 Å². The lowest BCUT2D eigenvalue weighted by Gasteiger charge is -2.10. The number of aromatic nitrogens is 5. The molecule has 0 aliphatic heterocycles. The van der Waals surface area contributed by atoms with E-state index in [0.717, 1.165) is 32.8 Å². The molecule has 0 N–H and O–H groups in total. The first-order chi connectivity index (χ1) is 14.2. The molecule has 5 nitrogen and oxygen atoms in total. The van der Waals surface area contributed by atoms with Crippen LogP contribution >= 0.6 is 11.8 Å². The summed E-state index contributed by atoms with van der Waals surface area (Å²) in [6, 6.07) is 18.0. The summed E-state index contributed by atoms with van der Waals surface area (Å²) in [6.07, 6.45) is 3.35. The van der Waals surface area contributed by atoms with Crippen LogP contribution in [0.2, 0.25) is 0 Å². The van der Waals surface area contributed by atoms with Crippen LogP contribution in [0.3, 0.4) is 0 Å². The molecular weight excluding hydrogens is 392 g/mol. The molecule has 0 unspecified atom stereocenters. The molecule has 3 heterocycles. The topological polar surface area (TPSA) is 56.5 Å². The largest absolute Gasteiger partial charge is 0.321 e. The van der Waals surface area contributed by atoms with Crippen molar-refractivity contribution in [3.63, 3.8) is 0 Å². The fraction of sp³-hybridized carbons (Fsp3) is 0.0476. The highest BCUT2D eigenvalue weighted by molar-refractivity contribution is 7.99. The summed E-state index contributed by atoms with van der Waals surface area (Å²) in [4.78, 5) is 17.8. The molecule has 5 rings (SSSR count). The molecule has 3 aromatic heterocycles. The van der Waals surface area contributed by atoms with Gasteiger partial charge in [0.05, 0.1) is 16.6 Å². The number of imidazole rings is 1. The minimum atomic E-state index is -2.71. The summed E-state index contributed by atoms with van der Waals surface area (Å²) in [7, 11) is 0. The number of rotatable bonds is 4. The van der Waals surface area contributed by atoms with Crippen molar-refractivity contribution >= 4 is 33.7 Å². The molecule has 0 saturated heterocycles. The van der Waals surface area contributed by atoms with Gasteiger partial charge in [-0.2, -0.15) is 8.78 Å². The summed E-state index contributed by atoms with van der Waals surface area (Å²) in [5, 5.41) is 1.52. The fourth-order valence-corrected chi connectivity index (χ4v) is 4.13. The van der Waals surface area contributed by atoms with Crippen LogP contribution in [0.1, 0.15) is 6.55 Å². The molecule has 8 heteroatoms. The van der Waals surface area contributed by atoms with E-state index in [9.17, 15) is 8.78 Å². The second-order valence-corrected chi connectivity index (χ2v) is 7.20. The van der Waals surface area contributed by atoms with Gasteiger partial charge in [-0.25, -0.2) is 15.0 Å². The summed E-state index contributed by atoms with van der Waals surface area (Å²) < 4.78 is 28.6. The van der Waals surface area contributed by atoms with Crippen LogP contribution in [-0.4, -0.2) is 24.5 Å². The van der Waals surface area contributed by atoms with Crippen molar-refractivity contribution in [1.82, 2.24) is 24.5 Å². The summed E-state index contributed by atoms with van der Waals surface area (Å²) in [5.41, 5.74) is 2.38. The number of benzene rings is 2. The van der Waals surface area contributed by atoms with E-state index in [1.165, 1.54) is 0 Å². The van der Waals surface area contributed by atoms with Gasteiger partial charge in [-0.3, -0.25) is 9.55 Å². The first kappa shape index (κ1) is 17.7. The molecule has 0 fully saturated rings. The minimum absolute atomic E-state index is 0.183. The molecule has 0 aliphatic carbocycles. The molecule has 0 atom stereocenters. The predicted molar refractivity (Wildman–Crippen MR) is 108 cm³/mol. The van der Waals surface area contributed by atoms with E-state index in [-0.39, 0.29) is 5.16 Å². The van der Waals surface area contributed by atoms with Crippen molar-refractivity contribution in [2.24, 2.45) is 0 Å². The van der Waals surface area contributed by atoms with E-state index < -0.39 is 6.55 Å². The Balaban J connectivity index is 1.70. The molecule has 0 aliphatic rings. The highest BCUT2D eigenvalue weighted by atomic mass is 32.2. The third-order valence-corrected chi connectivity index (χ3v) is 5.41. The number of fused-ring (bicyclic) bond motifs is 2. The Bertz CT molecular complexity index is 1320. The van der Waals surface area contributed by atoms with Crippen LogP contribution in [0.4, 0.5) is 8.78 Å². The van der Waals surface area contributed by atoms with Gasteiger partial charge in [0.15, 0.2) is 11.0 Å².